The third-order valence-corrected chi connectivity index (χ3v) is 3.92. The van der Waals surface area contributed by atoms with Crippen LogP contribution in [0.5, 0.6) is 0 Å². The van der Waals surface area contributed by atoms with E-state index in [1.54, 1.807) is 27.7 Å². The highest BCUT2D eigenvalue weighted by molar-refractivity contribution is 4.95. The van der Waals surface area contributed by atoms with Gasteiger partial charge in [-0.2, -0.15) is 0 Å². The molecule has 0 spiro atoms. The summed E-state index contributed by atoms with van der Waals surface area (Å²) in [5.74, 6) is -2.83. The van der Waals surface area contributed by atoms with Gasteiger partial charge in [-0.05, 0) is 20.8 Å². The average molecular weight is 340 g/mol. The van der Waals surface area contributed by atoms with Crippen molar-refractivity contribution < 1.29 is 39.0 Å². The van der Waals surface area contributed by atoms with Crippen molar-refractivity contribution in [2.75, 3.05) is 47.3 Å². The van der Waals surface area contributed by atoms with Gasteiger partial charge in [-0.25, -0.2) is 0 Å². The van der Waals surface area contributed by atoms with E-state index in [-0.39, 0.29) is 0 Å². The minimum atomic E-state index is -1.47. The van der Waals surface area contributed by atoms with Crippen LogP contribution >= 0.6 is 0 Å². The molecular weight excluding hydrogens is 308 g/mol. The minimum Gasteiger partial charge on any atom is -0.396 e. The van der Waals surface area contributed by atoms with Gasteiger partial charge in [0, 0.05) is 34.4 Å². The van der Waals surface area contributed by atoms with Gasteiger partial charge in [0.15, 0.2) is 5.79 Å². The van der Waals surface area contributed by atoms with Crippen molar-refractivity contribution in [2.24, 2.45) is 5.41 Å². The molecule has 0 rings (SSSR count). The highest BCUT2D eigenvalue weighted by Crippen LogP contribution is 2.37. The fraction of sp³-hybridized carbons (Fsp3) is 1.00. The van der Waals surface area contributed by atoms with Gasteiger partial charge >= 0.3 is 0 Å². The summed E-state index contributed by atoms with van der Waals surface area (Å²) in [5.41, 5.74) is -1.43. The molecule has 0 aliphatic carbocycles. The molecule has 3 unspecified atom stereocenters. The molecule has 0 aliphatic rings. The standard InChI is InChI=1S/C15H32O8/c1-7-21-13(3,19-5)12(15(9-16,10-17)11-18)23-14(4,20-6)22-8-2/h12,16-18H,7-11H2,1-6H3. The van der Waals surface area contributed by atoms with E-state index in [0.29, 0.717) is 13.2 Å². The van der Waals surface area contributed by atoms with Crippen molar-refractivity contribution in [1.82, 2.24) is 0 Å². The Morgan fingerprint density at radius 1 is 0.826 bits per heavy atom. The monoisotopic (exact) mass is 340 g/mol. The van der Waals surface area contributed by atoms with Crippen LogP contribution in [0.4, 0.5) is 0 Å². The van der Waals surface area contributed by atoms with Gasteiger partial charge in [0.25, 0.3) is 5.97 Å². The van der Waals surface area contributed by atoms with Crippen molar-refractivity contribution in [1.29, 1.82) is 0 Å². The van der Waals surface area contributed by atoms with Crippen LogP contribution in [-0.2, 0) is 23.7 Å². The van der Waals surface area contributed by atoms with Crippen molar-refractivity contribution in [3.05, 3.63) is 0 Å². The lowest BCUT2D eigenvalue weighted by Gasteiger charge is -2.48. The summed E-state index contributed by atoms with van der Waals surface area (Å²) in [6, 6.07) is 0. The zero-order valence-corrected chi connectivity index (χ0v) is 15.0. The molecule has 0 fully saturated rings. The predicted molar refractivity (Wildman–Crippen MR) is 82.6 cm³/mol. The summed E-state index contributed by atoms with van der Waals surface area (Å²) in [7, 11) is 2.81. The molecule has 0 heterocycles. The van der Waals surface area contributed by atoms with Gasteiger partial charge in [0.2, 0.25) is 0 Å². The smallest absolute Gasteiger partial charge is 0.280 e. The first-order valence-corrected chi connectivity index (χ1v) is 7.65. The summed E-state index contributed by atoms with van der Waals surface area (Å²) in [6.07, 6.45) is -1.09. The van der Waals surface area contributed by atoms with E-state index in [0.717, 1.165) is 0 Å². The summed E-state index contributed by atoms with van der Waals surface area (Å²) in [4.78, 5) is 0. The molecule has 8 nitrogen and oxygen atoms in total. The maximum atomic E-state index is 9.78. The van der Waals surface area contributed by atoms with E-state index in [4.69, 9.17) is 23.7 Å². The number of aliphatic hydroxyl groups excluding tert-OH is 3. The predicted octanol–water partition coefficient (Wildman–Crippen LogP) is 0.0906. The van der Waals surface area contributed by atoms with Crippen molar-refractivity contribution in [3.63, 3.8) is 0 Å². The first-order valence-electron chi connectivity index (χ1n) is 7.65. The van der Waals surface area contributed by atoms with Crippen LogP contribution in [0.1, 0.15) is 27.7 Å². The van der Waals surface area contributed by atoms with Crippen LogP contribution in [0, 0.1) is 5.41 Å². The van der Waals surface area contributed by atoms with Crippen molar-refractivity contribution in [2.45, 2.75) is 45.6 Å². The lowest BCUT2D eigenvalue weighted by atomic mass is 9.80. The van der Waals surface area contributed by atoms with Gasteiger partial charge < -0.3 is 39.0 Å². The molecule has 23 heavy (non-hydrogen) atoms. The van der Waals surface area contributed by atoms with Gasteiger partial charge in [-0.3, -0.25) is 0 Å². The van der Waals surface area contributed by atoms with Crippen LogP contribution in [0.15, 0.2) is 0 Å². The Morgan fingerprint density at radius 3 is 1.61 bits per heavy atom. The summed E-state index contributed by atoms with van der Waals surface area (Å²) >= 11 is 0. The van der Waals surface area contributed by atoms with Crippen LogP contribution in [0.25, 0.3) is 0 Å². The first-order chi connectivity index (χ1) is 10.8. The molecule has 0 radical (unpaired) electrons. The van der Waals surface area contributed by atoms with Gasteiger partial charge in [-0.1, -0.05) is 0 Å². The third kappa shape index (κ3) is 5.33. The van der Waals surface area contributed by atoms with E-state index in [1.807, 2.05) is 0 Å². The minimum absolute atomic E-state index is 0.293. The Morgan fingerprint density at radius 2 is 1.30 bits per heavy atom. The second-order valence-corrected chi connectivity index (χ2v) is 5.49. The van der Waals surface area contributed by atoms with E-state index >= 15 is 0 Å². The fourth-order valence-corrected chi connectivity index (χ4v) is 2.33. The van der Waals surface area contributed by atoms with Gasteiger partial charge in [0.05, 0.1) is 25.2 Å². The first kappa shape index (κ1) is 22.7. The van der Waals surface area contributed by atoms with Gasteiger partial charge in [0.1, 0.15) is 6.10 Å². The second kappa shape index (κ2) is 9.85. The number of hydrogen-bond donors (Lipinski definition) is 3. The topological polar surface area (TPSA) is 107 Å². The molecule has 0 bridgehead atoms. The van der Waals surface area contributed by atoms with Crippen LogP contribution in [0.2, 0.25) is 0 Å². The Balaban J connectivity index is 5.88. The van der Waals surface area contributed by atoms with Gasteiger partial charge in [-0.15, -0.1) is 0 Å². The zero-order valence-electron chi connectivity index (χ0n) is 15.0. The van der Waals surface area contributed by atoms with E-state index in [9.17, 15) is 15.3 Å². The third-order valence-electron chi connectivity index (χ3n) is 3.92. The molecular formula is C15H32O8. The zero-order chi connectivity index (χ0) is 18.1. The SMILES string of the molecule is CCOC(C)(OC)OC(C(CO)(CO)CO)C(C)(OC)OCC. The number of aliphatic hydroxyl groups is 3. The van der Waals surface area contributed by atoms with Crippen LogP contribution in [-0.4, -0.2) is 80.4 Å². The largest absolute Gasteiger partial charge is 0.396 e. The Hall–Kier alpha value is -0.320. The molecule has 0 aromatic carbocycles. The highest BCUT2D eigenvalue weighted by atomic mass is 16.9. The lowest BCUT2D eigenvalue weighted by molar-refractivity contribution is -0.424. The maximum absolute atomic E-state index is 9.78. The Labute approximate surface area is 138 Å². The van der Waals surface area contributed by atoms with Crippen molar-refractivity contribution >= 4 is 0 Å². The van der Waals surface area contributed by atoms with E-state index in [1.165, 1.54) is 14.2 Å². The number of hydrogen-bond acceptors (Lipinski definition) is 8. The Kier molecular flexibility index (Phi) is 9.71. The van der Waals surface area contributed by atoms with Crippen molar-refractivity contribution in [3.8, 4) is 0 Å². The average Bonchev–Trinajstić information content (AvgIpc) is 2.56. The lowest BCUT2D eigenvalue weighted by Crippen LogP contribution is -2.62. The Bertz CT molecular complexity index is 314. The quantitative estimate of drug-likeness (QED) is 0.405. The summed E-state index contributed by atoms with van der Waals surface area (Å²) in [6.45, 7) is 5.62. The maximum Gasteiger partial charge on any atom is 0.280 e. The van der Waals surface area contributed by atoms with E-state index < -0.39 is 43.1 Å². The molecule has 140 valence electrons. The molecule has 8 heteroatoms. The van der Waals surface area contributed by atoms with Crippen LogP contribution < -0.4 is 0 Å². The second-order valence-electron chi connectivity index (χ2n) is 5.49. The van der Waals surface area contributed by atoms with Crippen LogP contribution in [0.3, 0.4) is 0 Å². The molecule has 3 atom stereocenters. The number of ether oxygens (including phenoxy) is 5. The molecule has 0 amide bonds. The molecule has 0 saturated heterocycles. The summed E-state index contributed by atoms with van der Waals surface area (Å²) in [5, 5.41) is 29.3. The molecule has 0 saturated carbocycles. The molecule has 3 N–H and O–H groups in total. The number of methoxy groups -OCH3 is 2. The molecule has 0 aromatic heterocycles. The normalized spacial score (nSPS) is 19.2. The highest BCUT2D eigenvalue weighted by Gasteiger charge is 2.54. The number of rotatable bonds is 13. The fourth-order valence-electron chi connectivity index (χ4n) is 2.33. The summed E-state index contributed by atoms with van der Waals surface area (Å²) < 4.78 is 27.7. The van der Waals surface area contributed by atoms with E-state index in [2.05, 4.69) is 0 Å². The molecule has 0 aromatic rings. The molecule has 0 aliphatic heterocycles.